The Bertz CT molecular complexity index is 656. The highest BCUT2D eigenvalue weighted by atomic mass is 32.2. The Morgan fingerprint density at radius 1 is 1.29 bits per heavy atom. The summed E-state index contributed by atoms with van der Waals surface area (Å²) in [5.41, 5.74) is 0.819. The third kappa shape index (κ3) is 3.24. The van der Waals surface area contributed by atoms with Gasteiger partial charge in [0.15, 0.2) is 5.16 Å². The van der Waals surface area contributed by atoms with Gasteiger partial charge < -0.3 is 9.67 Å². The molecule has 0 saturated carbocycles. The van der Waals surface area contributed by atoms with Crippen LogP contribution in [0.4, 0.5) is 0 Å². The molecule has 3 heterocycles. The Morgan fingerprint density at radius 2 is 2.19 bits per heavy atom. The molecule has 110 valence electrons. The van der Waals surface area contributed by atoms with Gasteiger partial charge in [-0.05, 0) is 25.0 Å². The minimum absolute atomic E-state index is 0.0770. The maximum Gasteiger partial charge on any atom is 0.354 e. The molecule has 0 aliphatic carbocycles. The lowest BCUT2D eigenvalue weighted by molar-refractivity contribution is 0.0690. The van der Waals surface area contributed by atoms with Crippen molar-refractivity contribution in [1.29, 1.82) is 0 Å². The molecule has 0 amide bonds. The maximum atomic E-state index is 10.9. The zero-order chi connectivity index (χ0) is 14.7. The third-order valence-electron chi connectivity index (χ3n) is 3.45. The molecule has 0 aromatic carbocycles. The summed E-state index contributed by atoms with van der Waals surface area (Å²) in [5.74, 6) is 0.652. The van der Waals surface area contributed by atoms with E-state index in [1.807, 2.05) is 6.07 Å². The van der Waals surface area contributed by atoms with Crippen LogP contribution in [-0.4, -0.2) is 30.8 Å². The van der Waals surface area contributed by atoms with Gasteiger partial charge in [0.05, 0.1) is 5.69 Å². The van der Waals surface area contributed by atoms with Crippen LogP contribution in [0.3, 0.4) is 0 Å². The summed E-state index contributed by atoms with van der Waals surface area (Å²) in [7, 11) is 0. The van der Waals surface area contributed by atoms with Gasteiger partial charge in [-0.3, -0.25) is 0 Å². The van der Waals surface area contributed by atoms with E-state index in [2.05, 4.69) is 19.7 Å². The molecular weight excluding hydrogens is 288 g/mol. The van der Waals surface area contributed by atoms with Crippen LogP contribution in [0.5, 0.6) is 0 Å². The van der Waals surface area contributed by atoms with Crippen LogP contribution in [0, 0.1) is 0 Å². The predicted octanol–water partition coefficient (Wildman–Crippen LogP) is 2.39. The first-order chi connectivity index (χ1) is 10.2. The molecule has 1 aliphatic heterocycles. The molecular formula is C14H16N4O2S. The molecule has 1 N–H and O–H groups in total. The molecule has 0 radical (unpaired) electrons. The highest BCUT2D eigenvalue weighted by Gasteiger charge is 2.15. The summed E-state index contributed by atoms with van der Waals surface area (Å²) in [5, 5.41) is 18.3. The molecule has 2 aromatic rings. The van der Waals surface area contributed by atoms with Gasteiger partial charge in [0.2, 0.25) is 0 Å². The summed E-state index contributed by atoms with van der Waals surface area (Å²) < 4.78 is 2.18. The Morgan fingerprint density at radius 3 is 3.05 bits per heavy atom. The molecule has 0 saturated heterocycles. The van der Waals surface area contributed by atoms with Crippen LogP contribution in [-0.2, 0) is 18.7 Å². The van der Waals surface area contributed by atoms with Gasteiger partial charge in [-0.25, -0.2) is 9.78 Å². The second-order valence-electron chi connectivity index (χ2n) is 4.97. The summed E-state index contributed by atoms with van der Waals surface area (Å²) in [6, 6.07) is 5.05. The molecule has 0 fully saturated rings. The van der Waals surface area contributed by atoms with Crippen molar-refractivity contribution in [1.82, 2.24) is 19.7 Å². The summed E-state index contributed by atoms with van der Waals surface area (Å²) in [4.78, 5) is 15.0. The molecule has 3 rings (SSSR count). The highest BCUT2D eigenvalue weighted by Crippen LogP contribution is 2.24. The number of nitrogens with zero attached hydrogens (tertiary/aromatic N) is 4. The number of rotatable bonds is 4. The fourth-order valence-electron chi connectivity index (χ4n) is 2.38. The summed E-state index contributed by atoms with van der Waals surface area (Å²) in [6.45, 7) is 0.966. The first-order valence-electron chi connectivity index (χ1n) is 6.98. The second-order valence-corrected chi connectivity index (χ2v) is 5.91. The lowest BCUT2D eigenvalue weighted by atomic mass is 10.2. The number of thioether (sulfide) groups is 1. The Hall–Kier alpha value is -1.89. The van der Waals surface area contributed by atoms with E-state index in [1.165, 1.54) is 18.9 Å². The van der Waals surface area contributed by atoms with E-state index in [0.717, 1.165) is 36.1 Å². The van der Waals surface area contributed by atoms with Gasteiger partial charge in [0.1, 0.15) is 11.5 Å². The SMILES string of the molecule is O=C(O)c1cccc(CSc2nnc3n2CCCCC3)n1. The first kappa shape index (κ1) is 14.1. The maximum absolute atomic E-state index is 10.9. The van der Waals surface area contributed by atoms with Crippen molar-refractivity contribution in [3.8, 4) is 0 Å². The first-order valence-corrected chi connectivity index (χ1v) is 7.97. The molecule has 0 unspecified atom stereocenters. The van der Waals surface area contributed by atoms with Crippen molar-refractivity contribution >= 4 is 17.7 Å². The van der Waals surface area contributed by atoms with E-state index in [1.54, 1.807) is 17.8 Å². The van der Waals surface area contributed by atoms with Crippen LogP contribution in [0.1, 0.15) is 41.3 Å². The second kappa shape index (κ2) is 6.26. The number of carbonyl (C=O) groups is 1. The van der Waals surface area contributed by atoms with E-state index >= 15 is 0 Å². The fraction of sp³-hybridized carbons (Fsp3) is 0.429. The molecule has 0 bridgehead atoms. The van der Waals surface area contributed by atoms with Crippen molar-refractivity contribution in [3.63, 3.8) is 0 Å². The minimum atomic E-state index is -1.00. The Labute approximate surface area is 126 Å². The molecule has 0 atom stereocenters. The summed E-state index contributed by atoms with van der Waals surface area (Å²) >= 11 is 1.56. The number of aryl methyl sites for hydroxylation is 1. The van der Waals surface area contributed by atoms with Gasteiger partial charge in [0.25, 0.3) is 0 Å². The number of hydrogen-bond donors (Lipinski definition) is 1. The van der Waals surface area contributed by atoms with Crippen molar-refractivity contribution < 1.29 is 9.90 Å². The van der Waals surface area contributed by atoms with Gasteiger partial charge in [0, 0.05) is 18.7 Å². The van der Waals surface area contributed by atoms with Crippen molar-refractivity contribution in [2.45, 2.75) is 43.1 Å². The van der Waals surface area contributed by atoms with Crippen molar-refractivity contribution in [2.75, 3.05) is 0 Å². The van der Waals surface area contributed by atoms with Gasteiger partial charge >= 0.3 is 5.97 Å². The van der Waals surface area contributed by atoms with E-state index in [0.29, 0.717) is 5.75 Å². The summed E-state index contributed by atoms with van der Waals surface area (Å²) in [6.07, 6.45) is 4.55. The van der Waals surface area contributed by atoms with Crippen LogP contribution < -0.4 is 0 Å². The standard InChI is InChI=1S/C14H16N4O2S/c19-13(20)11-6-4-5-10(15-11)9-21-14-17-16-12-7-2-1-3-8-18(12)14/h4-6H,1-3,7-9H2,(H,19,20). The zero-order valence-electron chi connectivity index (χ0n) is 11.5. The normalized spacial score (nSPS) is 14.5. The largest absolute Gasteiger partial charge is 0.477 e. The van der Waals surface area contributed by atoms with E-state index in [4.69, 9.17) is 5.11 Å². The van der Waals surface area contributed by atoms with Crippen LogP contribution in [0.15, 0.2) is 23.4 Å². The number of pyridine rings is 1. The van der Waals surface area contributed by atoms with Crippen molar-refractivity contribution in [2.24, 2.45) is 0 Å². The average Bonchev–Trinajstić information content (AvgIpc) is 2.72. The lowest BCUT2D eigenvalue weighted by Crippen LogP contribution is -2.04. The number of fused-ring (bicyclic) bond motifs is 1. The van der Waals surface area contributed by atoms with Gasteiger partial charge in [-0.1, -0.05) is 24.2 Å². The molecule has 2 aromatic heterocycles. The highest BCUT2D eigenvalue weighted by molar-refractivity contribution is 7.98. The molecule has 6 nitrogen and oxygen atoms in total. The lowest BCUT2D eigenvalue weighted by Gasteiger charge is -2.06. The third-order valence-corrected chi connectivity index (χ3v) is 4.45. The average molecular weight is 304 g/mol. The van der Waals surface area contributed by atoms with Crippen LogP contribution in [0.2, 0.25) is 0 Å². The number of hydrogen-bond acceptors (Lipinski definition) is 5. The molecule has 0 spiro atoms. The quantitative estimate of drug-likeness (QED) is 0.874. The topological polar surface area (TPSA) is 80.9 Å². The molecule has 21 heavy (non-hydrogen) atoms. The molecule has 1 aliphatic rings. The van der Waals surface area contributed by atoms with Crippen LogP contribution in [0.25, 0.3) is 0 Å². The van der Waals surface area contributed by atoms with Gasteiger partial charge in [-0.2, -0.15) is 0 Å². The predicted molar refractivity (Wildman–Crippen MR) is 78.3 cm³/mol. The Balaban J connectivity index is 1.72. The smallest absolute Gasteiger partial charge is 0.354 e. The van der Waals surface area contributed by atoms with E-state index < -0.39 is 5.97 Å². The zero-order valence-corrected chi connectivity index (χ0v) is 12.3. The van der Waals surface area contributed by atoms with Crippen LogP contribution >= 0.6 is 11.8 Å². The number of carboxylic acid groups (broad SMARTS) is 1. The fourth-order valence-corrected chi connectivity index (χ4v) is 3.27. The Kier molecular flexibility index (Phi) is 4.19. The van der Waals surface area contributed by atoms with E-state index in [9.17, 15) is 4.79 Å². The number of aromatic nitrogens is 4. The van der Waals surface area contributed by atoms with E-state index in [-0.39, 0.29) is 5.69 Å². The molecule has 7 heteroatoms. The van der Waals surface area contributed by atoms with Crippen molar-refractivity contribution in [3.05, 3.63) is 35.4 Å². The monoisotopic (exact) mass is 304 g/mol. The number of aromatic carboxylic acids is 1. The van der Waals surface area contributed by atoms with Gasteiger partial charge in [-0.15, -0.1) is 10.2 Å². The minimum Gasteiger partial charge on any atom is -0.477 e. The number of carboxylic acids is 1.